The van der Waals surface area contributed by atoms with Gasteiger partial charge in [0, 0.05) is 0 Å². The molecule has 0 amide bonds. The van der Waals surface area contributed by atoms with Crippen LogP contribution in [0.3, 0.4) is 0 Å². The zero-order valence-corrected chi connectivity index (χ0v) is 11.1. The summed E-state index contributed by atoms with van der Waals surface area (Å²) in [7, 11) is -2.18. The lowest BCUT2D eigenvalue weighted by atomic mass is 10.3. The van der Waals surface area contributed by atoms with Gasteiger partial charge in [0.05, 0.1) is 18.6 Å². The van der Waals surface area contributed by atoms with E-state index in [1.807, 2.05) is 18.2 Å². The van der Waals surface area contributed by atoms with Gasteiger partial charge in [-0.2, -0.15) is 15.0 Å². The first-order valence-corrected chi connectivity index (χ1v) is 7.00. The lowest BCUT2D eigenvalue weighted by Gasteiger charge is -2.00. The lowest BCUT2D eigenvalue weighted by Crippen LogP contribution is -2.03. The number of benzene rings is 1. The van der Waals surface area contributed by atoms with Gasteiger partial charge in [-0.1, -0.05) is 18.6 Å². The summed E-state index contributed by atoms with van der Waals surface area (Å²) in [6.45, 7) is 0.218. The Kier molecular flexibility index (Phi) is 8.10. The Morgan fingerprint density at radius 1 is 1.33 bits per heavy atom. The molecule has 1 rings (SSSR count). The second-order valence-electron chi connectivity index (χ2n) is 3.49. The van der Waals surface area contributed by atoms with Gasteiger partial charge in [0.15, 0.2) is 0 Å². The van der Waals surface area contributed by atoms with E-state index in [9.17, 15) is 8.42 Å². The molecule has 4 N–H and O–H groups in total. The van der Waals surface area contributed by atoms with Crippen LogP contribution in [-0.2, 0) is 10.1 Å². The second-order valence-corrected chi connectivity index (χ2v) is 5.06. The largest absolute Gasteiger partial charge is 0.677 e. The van der Waals surface area contributed by atoms with E-state index in [2.05, 4.69) is 0 Å². The van der Waals surface area contributed by atoms with Crippen LogP contribution in [-0.4, -0.2) is 32.4 Å². The molecule has 104 valence electrons. The summed E-state index contributed by atoms with van der Waals surface area (Å²) in [6, 6.07) is 7.39. The minimum atomic E-state index is -3.78. The summed E-state index contributed by atoms with van der Waals surface area (Å²) in [5.74, 6) is 0.517. The van der Waals surface area contributed by atoms with Crippen LogP contribution in [0, 0.1) is 0 Å². The van der Waals surface area contributed by atoms with Gasteiger partial charge in [0.1, 0.15) is 5.75 Å². The Morgan fingerprint density at radius 3 is 2.33 bits per heavy atom. The molecule has 0 fully saturated rings. The van der Waals surface area contributed by atoms with Crippen molar-refractivity contribution in [1.29, 1.82) is 0 Å². The molecule has 6 nitrogen and oxygen atoms in total. The molecule has 0 unspecified atom stereocenters. The monoisotopic (exact) mass is 275 g/mol. The normalized spacial score (nSPS) is 10.4. The highest BCUT2D eigenvalue weighted by Crippen LogP contribution is 2.18. The van der Waals surface area contributed by atoms with E-state index in [1.54, 1.807) is 13.2 Å². The molecule has 7 heteroatoms. The van der Waals surface area contributed by atoms with Gasteiger partial charge in [0.25, 0.3) is 10.1 Å². The van der Waals surface area contributed by atoms with Crippen molar-refractivity contribution < 1.29 is 17.7 Å². The van der Waals surface area contributed by atoms with Crippen molar-refractivity contribution >= 4 is 15.8 Å². The first-order valence-electron chi connectivity index (χ1n) is 5.39. The third-order valence-electron chi connectivity index (χ3n) is 1.97. The molecular formula is C11H19N2O4S-. The number of para-hydroxylation sites is 2. The van der Waals surface area contributed by atoms with Crippen LogP contribution in [0.2, 0.25) is 0 Å². The molecule has 0 aliphatic rings. The maximum Gasteiger partial charge on any atom is 0.264 e. The maximum absolute atomic E-state index is 10.0. The number of hydrogen-bond donors (Lipinski definition) is 2. The van der Waals surface area contributed by atoms with E-state index in [1.165, 1.54) is 0 Å². The minimum absolute atomic E-state index is 0.216. The van der Waals surface area contributed by atoms with E-state index in [0.29, 0.717) is 18.5 Å². The summed E-state index contributed by atoms with van der Waals surface area (Å²) in [5.41, 5.74) is 12.8. The van der Waals surface area contributed by atoms with Crippen LogP contribution < -0.4 is 10.5 Å². The third kappa shape index (κ3) is 8.80. The van der Waals surface area contributed by atoms with Crippen molar-refractivity contribution in [3.8, 4) is 5.75 Å². The molecule has 0 aromatic heterocycles. The molecule has 0 bridgehead atoms. The van der Waals surface area contributed by atoms with E-state index < -0.39 is 10.1 Å². The summed E-state index contributed by atoms with van der Waals surface area (Å²) in [4.78, 5) is 0. The number of nitrogens with two attached hydrogens (primary N) is 1. The molecule has 0 aliphatic carbocycles. The highest BCUT2D eigenvalue weighted by Gasteiger charge is 2.00. The van der Waals surface area contributed by atoms with Crippen LogP contribution in [0.4, 0.5) is 5.69 Å². The lowest BCUT2D eigenvalue weighted by molar-refractivity contribution is 0.417. The van der Waals surface area contributed by atoms with E-state index in [4.69, 9.17) is 20.8 Å². The molecule has 0 heterocycles. The molecule has 0 atom stereocenters. The first-order chi connectivity index (χ1) is 8.40. The highest BCUT2D eigenvalue weighted by molar-refractivity contribution is 7.85. The second kappa shape index (κ2) is 8.73. The van der Waals surface area contributed by atoms with Crippen LogP contribution >= 0.6 is 0 Å². The van der Waals surface area contributed by atoms with Gasteiger partial charge in [-0.3, -0.25) is 4.55 Å². The van der Waals surface area contributed by atoms with Crippen molar-refractivity contribution in [2.24, 2.45) is 0 Å². The predicted octanol–water partition coefficient (Wildman–Crippen LogP) is 1.98. The quantitative estimate of drug-likeness (QED) is 0.484. The molecule has 0 aliphatic heterocycles. The minimum Gasteiger partial charge on any atom is -0.677 e. The Labute approximate surface area is 108 Å². The SMILES string of the molecule is COc1ccccc1N.[NH-]CCCCS(=O)(=O)O. The van der Waals surface area contributed by atoms with Crippen molar-refractivity contribution in [3.63, 3.8) is 0 Å². The van der Waals surface area contributed by atoms with Crippen molar-refractivity contribution in [2.75, 3.05) is 25.1 Å². The smallest absolute Gasteiger partial charge is 0.264 e. The fourth-order valence-electron chi connectivity index (χ4n) is 1.08. The fraction of sp³-hybridized carbons (Fsp3) is 0.455. The Hall–Kier alpha value is -1.31. The average Bonchev–Trinajstić information content (AvgIpc) is 2.29. The number of methoxy groups -OCH3 is 1. The number of ether oxygens (including phenoxy) is 1. The van der Waals surface area contributed by atoms with Gasteiger partial charge in [-0.05, 0) is 18.6 Å². The number of unbranched alkanes of at least 4 members (excludes halogenated alkanes) is 1. The van der Waals surface area contributed by atoms with E-state index in [0.717, 1.165) is 5.75 Å². The van der Waals surface area contributed by atoms with Crippen molar-refractivity contribution in [1.82, 2.24) is 0 Å². The molecule has 0 saturated heterocycles. The zero-order valence-electron chi connectivity index (χ0n) is 10.3. The third-order valence-corrected chi connectivity index (χ3v) is 2.77. The van der Waals surface area contributed by atoms with Crippen LogP contribution in [0.1, 0.15) is 12.8 Å². The Morgan fingerprint density at radius 2 is 1.94 bits per heavy atom. The topological polar surface area (TPSA) is 113 Å². The predicted molar refractivity (Wildman–Crippen MR) is 72.2 cm³/mol. The molecule has 0 saturated carbocycles. The zero-order chi connectivity index (χ0) is 14.0. The molecular weight excluding hydrogens is 256 g/mol. The van der Waals surface area contributed by atoms with Crippen LogP contribution in [0.25, 0.3) is 5.73 Å². The van der Waals surface area contributed by atoms with Gasteiger partial charge >= 0.3 is 0 Å². The number of rotatable bonds is 5. The summed E-state index contributed by atoms with van der Waals surface area (Å²) >= 11 is 0. The summed E-state index contributed by atoms with van der Waals surface area (Å²) in [6.07, 6.45) is 0.905. The maximum atomic E-state index is 10.0. The first kappa shape index (κ1) is 16.7. The van der Waals surface area contributed by atoms with Crippen molar-refractivity contribution in [3.05, 3.63) is 30.0 Å². The van der Waals surface area contributed by atoms with Gasteiger partial charge in [-0.15, -0.1) is 0 Å². The highest BCUT2D eigenvalue weighted by atomic mass is 32.2. The van der Waals surface area contributed by atoms with Crippen molar-refractivity contribution in [2.45, 2.75) is 12.8 Å². The number of hydrogen-bond acceptors (Lipinski definition) is 4. The summed E-state index contributed by atoms with van der Waals surface area (Å²) in [5, 5.41) is 0. The Balaban J connectivity index is 0.000000321. The van der Waals surface area contributed by atoms with Gasteiger partial charge < -0.3 is 16.2 Å². The van der Waals surface area contributed by atoms with Crippen LogP contribution in [0.5, 0.6) is 5.75 Å². The number of anilines is 1. The molecule has 0 radical (unpaired) electrons. The number of nitrogen functional groups attached to an aromatic ring is 1. The molecule has 18 heavy (non-hydrogen) atoms. The van der Waals surface area contributed by atoms with E-state index in [-0.39, 0.29) is 12.3 Å². The molecule has 1 aromatic rings. The summed E-state index contributed by atoms with van der Waals surface area (Å²) < 4.78 is 33.1. The fourth-order valence-corrected chi connectivity index (χ4v) is 1.64. The van der Waals surface area contributed by atoms with Crippen LogP contribution in [0.15, 0.2) is 24.3 Å². The molecule has 0 spiro atoms. The number of nitrogens with one attached hydrogen (secondary N) is 1. The van der Waals surface area contributed by atoms with E-state index >= 15 is 0 Å². The molecule has 1 aromatic carbocycles. The average molecular weight is 275 g/mol. The Bertz CT molecular complexity index is 434. The van der Waals surface area contributed by atoms with Gasteiger partial charge in [-0.25, -0.2) is 0 Å². The standard InChI is InChI=1S/C7H9NO.C4H10NO3S/c1-9-7-5-3-2-4-6(7)8;5-3-1-2-4-9(6,7)8/h2-5H,8H2,1H3;5H,1-4H2,(H,6,7,8)/q;-1. The van der Waals surface area contributed by atoms with Gasteiger partial charge in [0.2, 0.25) is 0 Å².